The monoisotopic (exact) mass is 301 g/mol. The Hall–Kier alpha value is -0.920. The van der Waals surface area contributed by atoms with Crippen LogP contribution in [0.15, 0.2) is 4.90 Å². The van der Waals surface area contributed by atoms with Crippen molar-refractivity contribution in [2.45, 2.75) is 17.7 Å². The maximum absolute atomic E-state index is 11.4. The number of hydrogen-bond acceptors (Lipinski definition) is 6. The Morgan fingerprint density at radius 2 is 2.37 bits per heavy atom. The van der Waals surface area contributed by atoms with Crippen LogP contribution in [0.3, 0.4) is 0 Å². The summed E-state index contributed by atoms with van der Waals surface area (Å²) in [5.74, 6) is -0.177. The first-order valence-corrected chi connectivity index (χ1v) is 8.24. The van der Waals surface area contributed by atoms with Gasteiger partial charge in [0.2, 0.25) is 0 Å². The fourth-order valence-corrected chi connectivity index (χ4v) is 4.47. The molecular formula is C12H19N3O2S2. The third-order valence-corrected chi connectivity index (χ3v) is 5.61. The van der Waals surface area contributed by atoms with Gasteiger partial charge in [-0.1, -0.05) is 0 Å². The molecule has 1 aliphatic rings. The molecule has 5 N–H and O–H groups in total. The summed E-state index contributed by atoms with van der Waals surface area (Å²) in [6, 6.07) is 0. The molecular weight excluding hydrogens is 282 g/mol. The molecule has 1 amide bonds. The van der Waals surface area contributed by atoms with Gasteiger partial charge in [0, 0.05) is 19.7 Å². The van der Waals surface area contributed by atoms with Gasteiger partial charge in [-0.2, -0.15) is 0 Å². The van der Waals surface area contributed by atoms with Gasteiger partial charge in [-0.15, -0.1) is 23.1 Å². The van der Waals surface area contributed by atoms with Crippen LogP contribution in [0.25, 0.3) is 0 Å². The van der Waals surface area contributed by atoms with E-state index in [0.29, 0.717) is 16.5 Å². The Labute approximate surface area is 121 Å². The maximum Gasteiger partial charge on any atom is 0.261 e. The molecule has 0 radical (unpaired) electrons. The molecule has 1 atom stereocenters. The second-order valence-corrected chi connectivity index (χ2v) is 6.50. The van der Waals surface area contributed by atoms with E-state index in [9.17, 15) is 9.90 Å². The number of hydrogen-bond donors (Lipinski definition) is 3. The van der Waals surface area contributed by atoms with E-state index in [-0.39, 0.29) is 6.61 Å². The molecule has 7 heteroatoms. The number of thiophene rings is 1. The van der Waals surface area contributed by atoms with Crippen molar-refractivity contribution in [2.75, 3.05) is 36.6 Å². The molecule has 0 saturated carbocycles. The van der Waals surface area contributed by atoms with Crippen molar-refractivity contribution < 1.29 is 9.90 Å². The molecule has 1 aromatic rings. The second-order valence-electron chi connectivity index (χ2n) is 4.68. The van der Waals surface area contributed by atoms with Crippen molar-refractivity contribution in [3.05, 3.63) is 4.88 Å². The quantitative estimate of drug-likeness (QED) is 0.730. The highest BCUT2D eigenvalue weighted by molar-refractivity contribution is 7.99. The van der Waals surface area contributed by atoms with Crippen molar-refractivity contribution in [3.8, 4) is 0 Å². The number of aliphatic hydroxyl groups excluding tert-OH is 1. The lowest BCUT2D eigenvalue weighted by Gasteiger charge is -2.33. The molecule has 2 heterocycles. The summed E-state index contributed by atoms with van der Waals surface area (Å²) in [4.78, 5) is 15.0. The summed E-state index contributed by atoms with van der Waals surface area (Å²) >= 11 is 2.90. The Bertz CT molecular complexity index is 476. The predicted molar refractivity (Wildman–Crippen MR) is 81.1 cm³/mol. The van der Waals surface area contributed by atoms with Crippen molar-refractivity contribution in [1.82, 2.24) is 0 Å². The van der Waals surface area contributed by atoms with E-state index in [0.717, 1.165) is 35.8 Å². The zero-order valence-electron chi connectivity index (χ0n) is 10.9. The van der Waals surface area contributed by atoms with Crippen LogP contribution in [0.2, 0.25) is 0 Å². The third-order valence-electron chi connectivity index (χ3n) is 3.37. The van der Waals surface area contributed by atoms with E-state index in [2.05, 4.69) is 4.90 Å². The molecule has 106 valence electrons. The van der Waals surface area contributed by atoms with Crippen LogP contribution < -0.4 is 16.4 Å². The number of thioether (sulfide) groups is 1. The summed E-state index contributed by atoms with van der Waals surface area (Å²) in [5.41, 5.74) is 11.9. The van der Waals surface area contributed by atoms with Gasteiger partial charge in [-0.3, -0.25) is 4.79 Å². The van der Waals surface area contributed by atoms with Crippen molar-refractivity contribution in [2.24, 2.45) is 11.7 Å². The molecule has 1 saturated heterocycles. The Morgan fingerprint density at radius 3 is 2.95 bits per heavy atom. The standard InChI is InChI=1S/C12H19N3O2S2/c1-18-10-8(13)9(11(14)17)19-12(10)15-4-2-3-7(5-15)6-16/h7,16H,2-6,13H2,1H3,(H2,14,17). The average molecular weight is 301 g/mol. The lowest BCUT2D eigenvalue weighted by Crippen LogP contribution is -2.36. The molecule has 1 unspecified atom stereocenters. The van der Waals surface area contributed by atoms with E-state index < -0.39 is 5.91 Å². The van der Waals surface area contributed by atoms with Crippen LogP contribution in [0.5, 0.6) is 0 Å². The molecule has 0 spiro atoms. The second kappa shape index (κ2) is 6.02. The molecule has 1 fully saturated rings. The number of nitrogen functional groups attached to an aromatic ring is 1. The lowest BCUT2D eigenvalue weighted by atomic mass is 9.99. The van der Waals surface area contributed by atoms with Crippen LogP contribution in [0.1, 0.15) is 22.5 Å². The minimum absolute atomic E-state index is 0.203. The van der Waals surface area contributed by atoms with E-state index in [4.69, 9.17) is 11.5 Å². The van der Waals surface area contributed by atoms with Crippen LogP contribution in [-0.4, -0.2) is 37.0 Å². The highest BCUT2D eigenvalue weighted by atomic mass is 32.2. The number of nitrogens with zero attached hydrogens (tertiary/aromatic N) is 1. The van der Waals surface area contributed by atoms with Crippen LogP contribution >= 0.6 is 23.1 Å². The van der Waals surface area contributed by atoms with Gasteiger partial charge >= 0.3 is 0 Å². The number of carbonyl (C=O) groups is 1. The summed E-state index contributed by atoms with van der Waals surface area (Å²) in [5, 5.41) is 10.3. The van der Waals surface area contributed by atoms with Crippen molar-refractivity contribution >= 4 is 39.7 Å². The molecule has 0 aromatic carbocycles. The Kier molecular flexibility index (Phi) is 4.59. The van der Waals surface area contributed by atoms with Crippen molar-refractivity contribution in [3.63, 3.8) is 0 Å². The highest BCUT2D eigenvalue weighted by Crippen LogP contribution is 2.44. The smallest absolute Gasteiger partial charge is 0.261 e. The first-order valence-electron chi connectivity index (χ1n) is 6.20. The fourth-order valence-electron chi connectivity index (χ4n) is 2.40. The number of amides is 1. The summed E-state index contributed by atoms with van der Waals surface area (Å²) in [6.45, 7) is 1.94. The molecule has 0 bridgehead atoms. The largest absolute Gasteiger partial charge is 0.396 e. The number of rotatable bonds is 4. The number of piperidine rings is 1. The topological polar surface area (TPSA) is 92.6 Å². The lowest BCUT2D eigenvalue weighted by molar-refractivity contribution is 0.100. The van der Waals surface area contributed by atoms with Gasteiger partial charge < -0.3 is 21.5 Å². The zero-order valence-corrected chi connectivity index (χ0v) is 12.5. The maximum atomic E-state index is 11.4. The third kappa shape index (κ3) is 2.82. The summed E-state index contributed by atoms with van der Waals surface area (Å²) in [7, 11) is 0. The summed E-state index contributed by atoms with van der Waals surface area (Å²) < 4.78 is 0. The van der Waals surface area contributed by atoms with Gasteiger partial charge in [0.05, 0.1) is 10.6 Å². The number of carbonyl (C=O) groups excluding carboxylic acids is 1. The highest BCUT2D eigenvalue weighted by Gasteiger charge is 2.26. The average Bonchev–Trinajstić information content (AvgIpc) is 2.75. The fraction of sp³-hybridized carbons (Fsp3) is 0.583. The number of aliphatic hydroxyl groups is 1. The zero-order chi connectivity index (χ0) is 14.0. The number of anilines is 2. The minimum Gasteiger partial charge on any atom is -0.396 e. The molecule has 19 heavy (non-hydrogen) atoms. The van der Waals surface area contributed by atoms with Crippen LogP contribution in [0.4, 0.5) is 10.7 Å². The van der Waals surface area contributed by atoms with Crippen LogP contribution in [0, 0.1) is 5.92 Å². The minimum atomic E-state index is -0.472. The molecule has 0 aliphatic carbocycles. The molecule has 2 rings (SSSR count). The van der Waals surface area contributed by atoms with Gasteiger partial charge in [0.15, 0.2) is 0 Å². The first kappa shape index (κ1) is 14.5. The molecule has 1 aliphatic heterocycles. The summed E-state index contributed by atoms with van der Waals surface area (Å²) in [6.07, 6.45) is 4.04. The van der Waals surface area contributed by atoms with E-state index in [1.54, 1.807) is 0 Å². The number of nitrogens with two attached hydrogens (primary N) is 2. The van der Waals surface area contributed by atoms with Gasteiger partial charge in [0.1, 0.15) is 9.88 Å². The van der Waals surface area contributed by atoms with Gasteiger partial charge in [0.25, 0.3) is 5.91 Å². The van der Waals surface area contributed by atoms with E-state index >= 15 is 0 Å². The van der Waals surface area contributed by atoms with Crippen molar-refractivity contribution in [1.29, 1.82) is 0 Å². The van der Waals surface area contributed by atoms with Gasteiger partial charge in [-0.25, -0.2) is 0 Å². The Morgan fingerprint density at radius 1 is 1.63 bits per heavy atom. The van der Waals surface area contributed by atoms with E-state index in [1.165, 1.54) is 23.1 Å². The normalized spacial score (nSPS) is 19.7. The van der Waals surface area contributed by atoms with Gasteiger partial charge in [-0.05, 0) is 25.0 Å². The first-order chi connectivity index (χ1) is 9.08. The molecule has 1 aromatic heterocycles. The molecule has 5 nitrogen and oxygen atoms in total. The SMILES string of the molecule is CSc1c(N2CCCC(CO)C2)sc(C(N)=O)c1N. The van der Waals surface area contributed by atoms with E-state index in [1.807, 2.05) is 6.26 Å². The Balaban J connectivity index is 2.33. The van der Waals surface area contributed by atoms with Crippen LogP contribution in [-0.2, 0) is 0 Å². The number of primary amides is 1. The predicted octanol–water partition coefficient (Wildman–Crippen LogP) is 1.36.